The van der Waals surface area contributed by atoms with Gasteiger partial charge in [-0.05, 0) is 18.3 Å². The summed E-state index contributed by atoms with van der Waals surface area (Å²) in [4.78, 5) is 20.8. The number of hydrogen-bond donors (Lipinski definition) is 0. The zero-order chi connectivity index (χ0) is 10.1. The largest absolute Gasteiger partial charge is 0.285 e. The van der Waals surface area contributed by atoms with Crippen LogP contribution in [0.3, 0.4) is 0 Å². The standard InChI is InChI=1S/C11H12O2/c1-10(12)8-6-4-3-5-7-9-11(2)13/h3-5H2,1-2H3. The van der Waals surface area contributed by atoms with Crippen molar-refractivity contribution in [1.82, 2.24) is 0 Å². The summed E-state index contributed by atoms with van der Waals surface area (Å²) in [5, 5.41) is 0. The van der Waals surface area contributed by atoms with E-state index in [1.807, 2.05) is 0 Å². The molecule has 68 valence electrons. The fourth-order valence-electron chi connectivity index (χ4n) is 0.639. The second kappa shape index (κ2) is 7.13. The van der Waals surface area contributed by atoms with Gasteiger partial charge >= 0.3 is 0 Å². The van der Waals surface area contributed by atoms with Gasteiger partial charge in [0.15, 0.2) is 0 Å². The van der Waals surface area contributed by atoms with Crippen LogP contribution in [0.15, 0.2) is 0 Å². The minimum Gasteiger partial charge on any atom is -0.285 e. The monoisotopic (exact) mass is 176 g/mol. The van der Waals surface area contributed by atoms with E-state index in [4.69, 9.17) is 0 Å². The molecule has 0 aliphatic rings. The third kappa shape index (κ3) is 10.5. The van der Waals surface area contributed by atoms with Crippen LogP contribution >= 0.6 is 0 Å². The molecule has 0 aliphatic heterocycles. The third-order valence-corrected chi connectivity index (χ3v) is 1.13. The lowest BCUT2D eigenvalue weighted by Crippen LogP contribution is -1.81. The molecular weight excluding hydrogens is 164 g/mol. The number of carbonyl (C=O) groups is 2. The van der Waals surface area contributed by atoms with Crippen molar-refractivity contribution in [2.24, 2.45) is 0 Å². The van der Waals surface area contributed by atoms with Gasteiger partial charge in [-0.1, -0.05) is 11.8 Å². The van der Waals surface area contributed by atoms with Crippen LogP contribution in [-0.4, -0.2) is 11.6 Å². The Kier molecular flexibility index (Phi) is 6.28. The minimum atomic E-state index is -0.116. The predicted octanol–water partition coefficient (Wildman–Crippen LogP) is 1.34. The molecule has 0 aromatic carbocycles. The lowest BCUT2D eigenvalue weighted by Gasteiger charge is -1.83. The molecule has 0 radical (unpaired) electrons. The Balaban J connectivity index is 3.51. The van der Waals surface area contributed by atoms with E-state index in [9.17, 15) is 9.59 Å². The molecule has 0 unspecified atom stereocenters. The van der Waals surface area contributed by atoms with Crippen LogP contribution in [0.4, 0.5) is 0 Å². The lowest BCUT2D eigenvalue weighted by atomic mass is 10.2. The van der Waals surface area contributed by atoms with E-state index in [1.54, 1.807) is 0 Å². The number of Topliss-reactive ketones (excluding diaryl/α,β-unsaturated/α-hetero) is 2. The van der Waals surface area contributed by atoms with E-state index in [0.717, 1.165) is 6.42 Å². The normalized spacial score (nSPS) is 7.54. The highest BCUT2D eigenvalue weighted by atomic mass is 16.1. The van der Waals surface area contributed by atoms with Gasteiger partial charge in [0.1, 0.15) is 0 Å². The quantitative estimate of drug-likeness (QED) is 0.361. The molecule has 0 rings (SSSR count). The van der Waals surface area contributed by atoms with Crippen molar-refractivity contribution < 1.29 is 9.59 Å². The lowest BCUT2D eigenvalue weighted by molar-refractivity contribution is -0.112. The Labute approximate surface area is 78.7 Å². The smallest absolute Gasteiger partial charge is 0.202 e. The molecule has 0 bridgehead atoms. The van der Waals surface area contributed by atoms with Crippen LogP contribution < -0.4 is 0 Å². The molecule has 2 nitrogen and oxygen atoms in total. The zero-order valence-electron chi connectivity index (χ0n) is 7.94. The third-order valence-electron chi connectivity index (χ3n) is 1.13. The maximum Gasteiger partial charge on any atom is 0.202 e. The topological polar surface area (TPSA) is 34.1 Å². The van der Waals surface area contributed by atoms with Gasteiger partial charge in [-0.15, -0.1) is 0 Å². The summed E-state index contributed by atoms with van der Waals surface area (Å²) in [6.45, 7) is 2.87. The van der Waals surface area contributed by atoms with Gasteiger partial charge in [0.05, 0.1) is 0 Å². The molecule has 13 heavy (non-hydrogen) atoms. The van der Waals surface area contributed by atoms with Gasteiger partial charge in [0, 0.05) is 26.7 Å². The van der Waals surface area contributed by atoms with Crippen LogP contribution in [-0.2, 0) is 9.59 Å². The Morgan fingerprint density at radius 2 is 1.31 bits per heavy atom. The molecule has 0 N–H and O–H groups in total. The zero-order valence-corrected chi connectivity index (χ0v) is 7.94. The second-order valence-electron chi connectivity index (χ2n) is 2.57. The van der Waals surface area contributed by atoms with E-state index >= 15 is 0 Å². The van der Waals surface area contributed by atoms with Crippen LogP contribution in [0.1, 0.15) is 33.1 Å². The highest BCUT2D eigenvalue weighted by molar-refractivity contribution is 5.93. The molecule has 0 spiro atoms. The van der Waals surface area contributed by atoms with Crippen molar-refractivity contribution in [1.29, 1.82) is 0 Å². The Morgan fingerprint density at radius 3 is 1.62 bits per heavy atom. The van der Waals surface area contributed by atoms with Gasteiger partial charge in [0.25, 0.3) is 0 Å². The van der Waals surface area contributed by atoms with Gasteiger partial charge in [0.2, 0.25) is 11.6 Å². The molecule has 0 aromatic heterocycles. The fourth-order valence-corrected chi connectivity index (χ4v) is 0.639. The first-order valence-corrected chi connectivity index (χ1v) is 4.12. The summed E-state index contributed by atoms with van der Waals surface area (Å²) >= 11 is 0. The van der Waals surface area contributed by atoms with Crippen molar-refractivity contribution in [3.8, 4) is 23.7 Å². The van der Waals surface area contributed by atoms with E-state index in [0.29, 0.717) is 12.8 Å². The molecule has 0 atom stereocenters. The number of rotatable bonds is 2. The summed E-state index contributed by atoms with van der Waals surface area (Å²) < 4.78 is 0. The summed E-state index contributed by atoms with van der Waals surface area (Å²) in [6, 6.07) is 0. The van der Waals surface area contributed by atoms with Gasteiger partial charge in [-0.2, -0.15) is 0 Å². The fraction of sp³-hybridized carbons (Fsp3) is 0.455. The number of hydrogen-bond acceptors (Lipinski definition) is 2. The van der Waals surface area contributed by atoms with Gasteiger partial charge in [-0.3, -0.25) is 9.59 Å². The van der Waals surface area contributed by atoms with E-state index in [-0.39, 0.29) is 11.6 Å². The summed E-state index contributed by atoms with van der Waals surface area (Å²) in [5.41, 5.74) is 0. The minimum absolute atomic E-state index is 0.116. The van der Waals surface area contributed by atoms with Crippen LogP contribution in [0.25, 0.3) is 0 Å². The molecule has 0 amide bonds. The second-order valence-corrected chi connectivity index (χ2v) is 2.57. The SMILES string of the molecule is CC(=O)C#CCCCC#CC(C)=O. The van der Waals surface area contributed by atoms with Crippen molar-refractivity contribution in [3.05, 3.63) is 0 Å². The predicted molar refractivity (Wildman–Crippen MR) is 50.8 cm³/mol. The van der Waals surface area contributed by atoms with E-state index in [2.05, 4.69) is 23.7 Å². The number of carbonyl (C=O) groups excluding carboxylic acids is 2. The van der Waals surface area contributed by atoms with Crippen molar-refractivity contribution in [2.75, 3.05) is 0 Å². The highest BCUT2D eigenvalue weighted by Gasteiger charge is 1.82. The number of ketones is 2. The molecule has 0 aromatic rings. The molecule has 2 heteroatoms. The van der Waals surface area contributed by atoms with Crippen molar-refractivity contribution in [2.45, 2.75) is 33.1 Å². The summed E-state index contributed by atoms with van der Waals surface area (Å²) in [5.74, 6) is 10.1. The van der Waals surface area contributed by atoms with Crippen molar-refractivity contribution >= 4 is 11.6 Å². The number of unbranched alkanes of at least 4 members (excludes halogenated alkanes) is 2. The molecule has 0 heterocycles. The Hall–Kier alpha value is -1.54. The van der Waals surface area contributed by atoms with Gasteiger partial charge < -0.3 is 0 Å². The average Bonchev–Trinajstić information content (AvgIpc) is 2.01. The molecule has 0 fully saturated rings. The first-order chi connectivity index (χ1) is 6.13. The maximum absolute atomic E-state index is 10.4. The summed E-state index contributed by atoms with van der Waals surface area (Å²) in [6.07, 6.45) is 2.12. The van der Waals surface area contributed by atoms with Crippen LogP contribution in [0.5, 0.6) is 0 Å². The molecular formula is C11H12O2. The first-order valence-electron chi connectivity index (χ1n) is 4.12. The molecule has 0 saturated heterocycles. The highest BCUT2D eigenvalue weighted by Crippen LogP contribution is 1.91. The average molecular weight is 176 g/mol. The summed E-state index contributed by atoms with van der Waals surface area (Å²) in [7, 11) is 0. The first kappa shape index (κ1) is 11.5. The van der Waals surface area contributed by atoms with Gasteiger partial charge in [-0.25, -0.2) is 0 Å². The van der Waals surface area contributed by atoms with E-state index in [1.165, 1.54) is 13.8 Å². The molecule has 0 saturated carbocycles. The Morgan fingerprint density at radius 1 is 0.923 bits per heavy atom. The van der Waals surface area contributed by atoms with E-state index < -0.39 is 0 Å². The van der Waals surface area contributed by atoms with Crippen LogP contribution in [0, 0.1) is 23.7 Å². The van der Waals surface area contributed by atoms with Crippen LogP contribution in [0.2, 0.25) is 0 Å². The maximum atomic E-state index is 10.4. The Bertz CT molecular complexity index is 272. The molecule has 0 aliphatic carbocycles. The van der Waals surface area contributed by atoms with Crippen molar-refractivity contribution in [3.63, 3.8) is 0 Å².